The molecule has 0 saturated heterocycles. The molecule has 0 aliphatic heterocycles. The molecule has 0 saturated carbocycles. The summed E-state index contributed by atoms with van der Waals surface area (Å²) in [6.45, 7) is 0. The van der Waals surface area contributed by atoms with Gasteiger partial charge in [-0.2, -0.15) is 0 Å². The van der Waals surface area contributed by atoms with Crippen LogP contribution in [0.25, 0.3) is 0 Å². The fourth-order valence-corrected chi connectivity index (χ4v) is 0. The molecule has 0 rings (SSSR count). The van der Waals surface area contributed by atoms with Gasteiger partial charge in [-0.05, 0) is 0 Å². The third kappa shape index (κ3) is 1230. The summed E-state index contributed by atoms with van der Waals surface area (Å²) < 4.78 is 0. The van der Waals surface area contributed by atoms with E-state index in [1.165, 1.54) is 0 Å². The van der Waals surface area contributed by atoms with Gasteiger partial charge in [0.15, 0.2) is 0 Å². The Morgan fingerprint density at radius 1 is 1.40 bits per heavy atom. The Hall–Kier alpha value is -0.107. The van der Waals surface area contributed by atoms with E-state index in [2.05, 4.69) is 0 Å². The van der Waals surface area contributed by atoms with Crippen molar-refractivity contribution in [3.8, 4) is 0 Å². The topological polar surface area (TPSA) is 57.5 Å². The van der Waals surface area contributed by atoms with E-state index < -0.39 is 6.16 Å². The van der Waals surface area contributed by atoms with Crippen LogP contribution in [0.3, 0.4) is 0 Å². The minimum atomic E-state index is -1.83. The van der Waals surface area contributed by atoms with Crippen molar-refractivity contribution in [2.45, 2.75) is 0 Å². The minimum Gasteiger partial charge on any atom is -0.450 e. The summed E-state index contributed by atoms with van der Waals surface area (Å²) in [4.78, 5) is 8.56. The first-order chi connectivity index (χ1) is 1.73. The van der Waals surface area contributed by atoms with E-state index in [1.807, 2.05) is 0 Å². The van der Waals surface area contributed by atoms with Crippen LogP contribution in [0.5, 0.6) is 0 Å². The molecule has 0 atom stereocenters. The van der Waals surface area contributed by atoms with Gasteiger partial charge in [0.2, 0.25) is 0 Å². The predicted octanol–water partition coefficient (Wildman–Crippen LogP) is 0.220. The Balaban J connectivity index is 0. The van der Waals surface area contributed by atoms with Crippen LogP contribution in [0.2, 0.25) is 0 Å². The van der Waals surface area contributed by atoms with E-state index in [0.29, 0.717) is 0 Å². The molecule has 0 radical (unpaired) electrons. The van der Waals surface area contributed by atoms with Crippen molar-refractivity contribution in [2.24, 2.45) is 0 Å². The summed E-state index contributed by atoms with van der Waals surface area (Å²) in [5.74, 6) is 0. The molecule has 0 fully saturated rings. The molecule has 0 amide bonds. The van der Waals surface area contributed by atoms with E-state index >= 15 is 0 Å². The van der Waals surface area contributed by atoms with Crippen LogP contribution >= 0.6 is 0 Å². The molecule has 3 nitrogen and oxygen atoms in total. The van der Waals surface area contributed by atoms with Gasteiger partial charge in [-0.25, -0.2) is 4.79 Å². The largest absolute Gasteiger partial charge is 0.503 e. The predicted molar refractivity (Wildman–Crippen MR) is 10.7 cm³/mol. The number of carbonyl (C=O) groups is 1. The molecule has 0 aliphatic rings. The third-order valence-electron chi connectivity index (χ3n) is 0. The van der Waals surface area contributed by atoms with Crippen LogP contribution in [-0.2, 0) is 19.5 Å². The molecule has 0 unspecified atom stereocenters. The van der Waals surface area contributed by atoms with Crippen molar-refractivity contribution >= 4 is 6.16 Å². The van der Waals surface area contributed by atoms with Crippen molar-refractivity contribution in [3.05, 3.63) is 0 Å². The molecule has 0 aliphatic carbocycles. The van der Waals surface area contributed by atoms with Gasteiger partial charge in [0, 0.05) is 19.5 Å². The van der Waals surface area contributed by atoms with E-state index in [-0.39, 0.29) is 19.5 Å². The average Bonchev–Trinajstić information content (AvgIpc) is 0.811. The summed E-state index contributed by atoms with van der Waals surface area (Å²) in [5, 5.41) is 13.9. The maximum Gasteiger partial charge on any atom is 0.503 e. The number of carboxylic acid groups (broad SMARTS) is 2. The SMILES string of the molecule is O=C(O)O.[Zn]. The summed E-state index contributed by atoms with van der Waals surface area (Å²) in [6, 6.07) is 0. The van der Waals surface area contributed by atoms with Gasteiger partial charge in [-0.1, -0.05) is 0 Å². The standard InChI is InChI=1S/CH2O3.Zn/c2-1(3)4;/h(H2,2,3,4);. The number of rotatable bonds is 0. The zero-order valence-electron chi connectivity index (χ0n) is 2.51. The smallest absolute Gasteiger partial charge is 0.450 e. The molecule has 0 heterocycles. The van der Waals surface area contributed by atoms with Crippen molar-refractivity contribution in [2.75, 3.05) is 0 Å². The zero-order valence-corrected chi connectivity index (χ0v) is 5.48. The maximum atomic E-state index is 8.56. The van der Waals surface area contributed by atoms with Crippen LogP contribution in [-0.4, -0.2) is 16.4 Å². The van der Waals surface area contributed by atoms with E-state index in [9.17, 15) is 0 Å². The minimum absolute atomic E-state index is 0. The molecular formula is CH2O3Zn. The van der Waals surface area contributed by atoms with E-state index in [1.54, 1.807) is 0 Å². The zero-order chi connectivity index (χ0) is 3.58. The van der Waals surface area contributed by atoms with Crippen molar-refractivity contribution < 1.29 is 34.5 Å². The van der Waals surface area contributed by atoms with Gasteiger partial charge in [-0.3, -0.25) is 0 Å². The van der Waals surface area contributed by atoms with Crippen LogP contribution in [0.1, 0.15) is 0 Å². The fourth-order valence-electron chi connectivity index (χ4n) is 0. The second-order valence-corrected chi connectivity index (χ2v) is 0.283. The van der Waals surface area contributed by atoms with Gasteiger partial charge in [0.25, 0.3) is 0 Å². The summed E-state index contributed by atoms with van der Waals surface area (Å²) >= 11 is 0. The Labute approximate surface area is 41.4 Å². The van der Waals surface area contributed by atoms with Crippen LogP contribution < -0.4 is 0 Å². The van der Waals surface area contributed by atoms with Crippen molar-refractivity contribution in [3.63, 3.8) is 0 Å². The first-order valence-electron chi connectivity index (χ1n) is 0.651. The second-order valence-electron chi connectivity index (χ2n) is 0.283. The second kappa shape index (κ2) is 3.89. The number of hydrogen-bond acceptors (Lipinski definition) is 1. The normalized spacial score (nSPS) is 4.80. The Morgan fingerprint density at radius 2 is 1.40 bits per heavy atom. The first-order valence-corrected chi connectivity index (χ1v) is 0.651. The summed E-state index contributed by atoms with van der Waals surface area (Å²) in [6.07, 6.45) is -1.83. The molecule has 0 aromatic carbocycles. The molecule has 0 aromatic rings. The third-order valence-corrected chi connectivity index (χ3v) is 0. The van der Waals surface area contributed by atoms with Crippen LogP contribution in [0.15, 0.2) is 0 Å². The molecule has 0 spiro atoms. The maximum absolute atomic E-state index is 8.56. The van der Waals surface area contributed by atoms with Gasteiger partial charge in [0.05, 0.1) is 0 Å². The fraction of sp³-hybridized carbons (Fsp3) is 0. The Morgan fingerprint density at radius 3 is 1.40 bits per heavy atom. The Bertz CT molecular complexity index is 29.9. The van der Waals surface area contributed by atoms with Crippen LogP contribution in [0, 0.1) is 0 Å². The average molecular weight is 127 g/mol. The van der Waals surface area contributed by atoms with Gasteiger partial charge >= 0.3 is 6.16 Å². The summed E-state index contributed by atoms with van der Waals surface area (Å²) in [7, 11) is 0. The van der Waals surface area contributed by atoms with Gasteiger partial charge in [-0.15, -0.1) is 0 Å². The van der Waals surface area contributed by atoms with Crippen molar-refractivity contribution in [1.82, 2.24) is 0 Å². The van der Waals surface area contributed by atoms with E-state index in [0.717, 1.165) is 0 Å². The first kappa shape index (κ1) is 8.86. The molecule has 0 aromatic heterocycles. The van der Waals surface area contributed by atoms with Gasteiger partial charge in [0.1, 0.15) is 0 Å². The number of hydrogen-bond donors (Lipinski definition) is 2. The summed E-state index contributed by atoms with van der Waals surface area (Å²) in [5.41, 5.74) is 0. The Kier molecular flexibility index (Phi) is 6.90. The molecule has 2 N–H and O–H groups in total. The molecule has 4 heteroatoms. The quantitative estimate of drug-likeness (QED) is 0.458. The monoisotopic (exact) mass is 126 g/mol. The molecular weight excluding hydrogens is 125 g/mol. The van der Waals surface area contributed by atoms with Crippen molar-refractivity contribution in [1.29, 1.82) is 0 Å². The molecule has 5 heavy (non-hydrogen) atoms. The van der Waals surface area contributed by atoms with E-state index in [4.69, 9.17) is 15.0 Å². The molecule has 26 valence electrons. The molecule has 0 bridgehead atoms. The van der Waals surface area contributed by atoms with Crippen LogP contribution in [0.4, 0.5) is 4.79 Å². The van der Waals surface area contributed by atoms with Gasteiger partial charge < -0.3 is 10.2 Å².